The molecule has 0 bridgehead atoms. The van der Waals surface area contributed by atoms with Crippen molar-refractivity contribution in [3.8, 4) is 0 Å². The number of fused-ring (bicyclic) bond motifs is 1. The van der Waals surface area contributed by atoms with Crippen LogP contribution < -0.4 is 5.73 Å². The first kappa shape index (κ1) is 13.3. The van der Waals surface area contributed by atoms with Crippen molar-refractivity contribution in [2.45, 2.75) is 45.2 Å². The zero-order valence-electron chi connectivity index (χ0n) is 12.2. The van der Waals surface area contributed by atoms with E-state index in [-0.39, 0.29) is 0 Å². The first-order chi connectivity index (χ1) is 9.69. The van der Waals surface area contributed by atoms with Crippen LogP contribution in [0.4, 0.5) is 5.82 Å². The number of nitrogen functional groups attached to an aromatic ring is 1. The van der Waals surface area contributed by atoms with Gasteiger partial charge in [-0.15, -0.1) is 0 Å². The van der Waals surface area contributed by atoms with E-state index in [1.807, 2.05) is 7.05 Å². The number of hydrogen-bond acceptors (Lipinski definition) is 5. The normalized spacial score (nSPS) is 16.6. The van der Waals surface area contributed by atoms with Crippen LogP contribution in [-0.2, 0) is 13.6 Å². The fourth-order valence-electron chi connectivity index (χ4n) is 3.11. The van der Waals surface area contributed by atoms with Gasteiger partial charge in [0.25, 0.3) is 0 Å². The smallest absolute Gasteiger partial charge is 0.163 e. The van der Waals surface area contributed by atoms with Gasteiger partial charge >= 0.3 is 0 Å². The molecule has 0 saturated heterocycles. The number of nitrogens with zero attached hydrogens (tertiary/aromatic N) is 5. The van der Waals surface area contributed by atoms with E-state index in [9.17, 15) is 0 Å². The minimum Gasteiger partial charge on any atom is -0.383 e. The maximum atomic E-state index is 6.02. The van der Waals surface area contributed by atoms with Crippen molar-refractivity contribution in [3.63, 3.8) is 0 Å². The summed E-state index contributed by atoms with van der Waals surface area (Å²) >= 11 is 0. The van der Waals surface area contributed by atoms with Crippen LogP contribution in [0.1, 0.15) is 38.4 Å². The van der Waals surface area contributed by atoms with Crippen LogP contribution in [0, 0.1) is 0 Å². The Kier molecular flexibility index (Phi) is 3.56. The van der Waals surface area contributed by atoms with Crippen molar-refractivity contribution < 1.29 is 0 Å². The average molecular weight is 274 g/mol. The van der Waals surface area contributed by atoms with Crippen LogP contribution in [0.25, 0.3) is 11.0 Å². The summed E-state index contributed by atoms with van der Waals surface area (Å²) in [4.78, 5) is 11.5. The number of hydrogen-bond donors (Lipinski definition) is 1. The third-order valence-electron chi connectivity index (χ3n) is 4.26. The van der Waals surface area contributed by atoms with Crippen molar-refractivity contribution >= 4 is 16.9 Å². The van der Waals surface area contributed by atoms with Gasteiger partial charge < -0.3 is 5.73 Å². The highest BCUT2D eigenvalue weighted by Crippen LogP contribution is 2.25. The molecule has 108 valence electrons. The van der Waals surface area contributed by atoms with Crippen molar-refractivity contribution in [2.24, 2.45) is 7.05 Å². The van der Waals surface area contributed by atoms with Crippen LogP contribution in [0.3, 0.4) is 0 Å². The van der Waals surface area contributed by atoms with E-state index in [1.54, 1.807) is 10.9 Å². The van der Waals surface area contributed by atoms with E-state index >= 15 is 0 Å². The van der Waals surface area contributed by atoms with Gasteiger partial charge in [-0.3, -0.25) is 9.58 Å². The van der Waals surface area contributed by atoms with E-state index in [0.29, 0.717) is 11.9 Å². The maximum Gasteiger partial charge on any atom is 0.163 e. The van der Waals surface area contributed by atoms with E-state index in [0.717, 1.165) is 29.9 Å². The number of aromatic nitrogens is 4. The van der Waals surface area contributed by atoms with Gasteiger partial charge in [0.05, 0.1) is 18.1 Å². The summed E-state index contributed by atoms with van der Waals surface area (Å²) in [5.74, 6) is 1.33. The van der Waals surface area contributed by atoms with Crippen LogP contribution in [0.15, 0.2) is 6.20 Å². The summed E-state index contributed by atoms with van der Waals surface area (Å²) < 4.78 is 1.75. The lowest BCUT2D eigenvalue weighted by Gasteiger charge is -2.26. The number of rotatable bonds is 4. The van der Waals surface area contributed by atoms with Crippen LogP contribution in [-0.4, -0.2) is 37.2 Å². The molecule has 0 amide bonds. The molecule has 0 unspecified atom stereocenters. The summed E-state index contributed by atoms with van der Waals surface area (Å²) in [7, 11) is 1.88. The third-order valence-corrected chi connectivity index (χ3v) is 4.26. The van der Waals surface area contributed by atoms with Gasteiger partial charge in [0.2, 0.25) is 0 Å². The Morgan fingerprint density at radius 2 is 2.10 bits per heavy atom. The highest BCUT2D eigenvalue weighted by atomic mass is 15.3. The van der Waals surface area contributed by atoms with Gasteiger partial charge in [-0.25, -0.2) is 9.97 Å². The Hall–Kier alpha value is -1.69. The zero-order valence-corrected chi connectivity index (χ0v) is 12.2. The van der Waals surface area contributed by atoms with Gasteiger partial charge in [-0.1, -0.05) is 19.8 Å². The quantitative estimate of drug-likeness (QED) is 0.919. The van der Waals surface area contributed by atoms with Crippen molar-refractivity contribution in [1.29, 1.82) is 0 Å². The maximum absolute atomic E-state index is 6.02. The first-order valence-corrected chi connectivity index (χ1v) is 7.37. The Bertz CT molecular complexity index is 599. The molecule has 0 spiro atoms. The minimum absolute atomic E-state index is 0.528. The molecule has 3 rings (SSSR count). The molecule has 1 saturated carbocycles. The van der Waals surface area contributed by atoms with Gasteiger partial charge in [0.1, 0.15) is 11.6 Å². The fourth-order valence-corrected chi connectivity index (χ4v) is 3.11. The molecule has 2 aromatic rings. The van der Waals surface area contributed by atoms with E-state index < -0.39 is 0 Å². The van der Waals surface area contributed by atoms with Crippen LogP contribution in [0.5, 0.6) is 0 Å². The van der Waals surface area contributed by atoms with Crippen LogP contribution in [0.2, 0.25) is 0 Å². The van der Waals surface area contributed by atoms with E-state index in [2.05, 4.69) is 26.9 Å². The summed E-state index contributed by atoms with van der Waals surface area (Å²) in [5, 5.41) is 5.03. The minimum atomic E-state index is 0.528. The molecule has 2 N–H and O–H groups in total. The molecule has 0 aliphatic heterocycles. The van der Waals surface area contributed by atoms with Gasteiger partial charge in [0, 0.05) is 13.1 Å². The number of nitrogens with two attached hydrogens (primary N) is 1. The highest BCUT2D eigenvalue weighted by Gasteiger charge is 2.22. The monoisotopic (exact) mass is 274 g/mol. The summed E-state index contributed by atoms with van der Waals surface area (Å²) in [6, 6.07) is 0.673. The molecular formula is C14H22N6. The molecule has 1 aliphatic rings. The van der Waals surface area contributed by atoms with Gasteiger partial charge in [0.15, 0.2) is 5.65 Å². The molecule has 0 radical (unpaired) electrons. The molecule has 20 heavy (non-hydrogen) atoms. The molecule has 0 aromatic carbocycles. The van der Waals surface area contributed by atoms with E-state index in [4.69, 9.17) is 5.73 Å². The summed E-state index contributed by atoms with van der Waals surface area (Å²) in [5.41, 5.74) is 6.83. The van der Waals surface area contributed by atoms with Gasteiger partial charge in [-0.2, -0.15) is 5.10 Å². The number of aryl methyl sites for hydroxylation is 1. The van der Waals surface area contributed by atoms with Crippen molar-refractivity contribution in [2.75, 3.05) is 12.3 Å². The number of anilines is 1. The zero-order chi connectivity index (χ0) is 14.1. The third kappa shape index (κ3) is 2.35. The Labute approximate surface area is 119 Å². The summed E-state index contributed by atoms with van der Waals surface area (Å²) in [6.07, 6.45) is 6.98. The molecule has 1 fully saturated rings. The molecule has 1 aliphatic carbocycles. The predicted molar refractivity (Wildman–Crippen MR) is 79.1 cm³/mol. The molecule has 2 heterocycles. The fraction of sp³-hybridized carbons (Fsp3) is 0.643. The van der Waals surface area contributed by atoms with Crippen molar-refractivity contribution in [3.05, 3.63) is 12.0 Å². The first-order valence-electron chi connectivity index (χ1n) is 7.37. The molecule has 6 nitrogen and oxygen atoms in total. The predicted octanol–water partition coefficient (Wildman–Crippen LogP) is 1.71. The Morgan fingerprint density at radius 3 is 2.80 bits per heavy atom. The second kappa shape index (κ2) is 5.36. The lowest BCUT2D eigenvalue weighted by molar-refractivity contribution is 0.195. The molecule has 2 aromatic heterocycles. The van der Waals surface area contributed by atoms with Gasteiger partial charge in [-0.05, 0) is 19.4 Å². The lowest BCUT2D eigenvalue weighted by Crippen LogP contribution is -2.33. The standard InChI is InChI=1S/C14H22N6/c1-3-20(10-6-4-5-7-10)9-12-17-13(15)11-8-16-19(2)14(11)18-12/h8,10H,3-7,9H2,1-2H3,(H2,15,17,18). The Morgan fingerprint density at radius 1 is 1.35 bits per heavy atom. The molecule has 0 atom stereocenters. The molecule has 6 heteroatoms. The SMILES string of the molecule is CCN(Cc1nc(N)c2cnn(C)c2n1)C1CCCC1. The second-order valence-electron chi connectivity index (χ2n) is 5.53. The van der Waals surface area contributed by atoms with Crippen LogP contribution >= 0.6 is 0 Å². The topological polar surface area (TPSA) is 72.9 Å². The second-order valence-corrected chi connectivity index (χ2v) is 5.53. The largest absolute Gasteiger partial charge is 0.383 e. The van der Waals surface area contributed by atoms with E-state index in [1.165, 1.54) is 25.7 Å². The highest BCUT2D eigenvalue weighted by molar-refractivity contribution is 5.84. The summed E-state index contributed by atoms with van der Waals surface area (Å²) in [6.45, 7) is 3.99. The average Bonchev–Trinajstić information content (AvgIpc) is 3.07. The Balaban J connectivity index is 1.87. The molecular weight excluding hydrogens is 252 g/mol. The lowest BCUT2D eigenvalue weighted by atomic mass is 10.2. The van der Waals surface area contributed by atoms with Crippen molar-refractivity contribution in [1.82, 2.24) is 24.6 Å².